The zero-order valence-electron chi connectivity index (χ0n) is 14.8. The molecule has 1 heterocycles. The van der Waals surface area contributed by atoms with E-state index in [2.05, 4.69) is 5.32 Å². The van der Waals surface area contributed by atoms with Gasteiger partial charge < -0.3 is 14.8 Å². The van der Waals surface area contributed by atoms with Crippen molar-refractivity contribution in [3.8, 4) is 0 Å². The van der Waals surface area contributed by atoms with Crippen LogP contribution in [0, 0.1) is 0 Å². The SMILES string of the molecule is CCCc1ccc(NC(=O)c2ccc3cc(C(=O)O)oc3c2)cc1C(F)(F)F. The fourth-order valence-corrected chi connectivity index (χ4v) is 2.89. The van der Waals surface area contributed by atoms with Gasteiger partial charge in [-0.15, -0.1) is 0 Å². The Kier molecular flexibility index (Phi) is 5.13. The number of furan rings is 1. The number of alkyl halides is 3. The Morgan fingerprint density at radius 2 is 1.86 bits per heavy atom. The van der Waals surface area contributed by atoms with Gasteiger partial charge in [0, 0.05) is 16.6 Å². The van der Waals surface area contributed by atoms with Crippen LogP contribution >= 0.6 is 0 Å². The van der Waals surface area contributed by atoms with E-state index >= 15 is 0 Å². The number of aromatic carboxylic acids is 1. The van der Waals surface area contributed by atoms with Crippen LogP contribution < -0.4 is 5.32 Å². The minimum atomic E-state index is -4.52. The summed E-state index contributed by atoms with van der Waals surface area (Å²) in [5.41, 5.74) is -0.266. The molecule has 5 nitrogen and oxygen atoms in total. The summed E-state index contributed by atoms with van der Waals surface area (Å²) in [6, 6.07) is 9.30. The third-order valence-electron chi connectivity index (χ3n) is 4.19. The van der Waals surface area contributed by atoms with E-state index in [0.717, 1.165) is 6.07 Å². The molecule has 2 N–H and O–H groups in total. The Morgan fingerprint density at radius 1 is 1.11 bits per heavy atom. The van der Waals surface area contributed by atoms with Gasteiger partial charge in [0.2, 0.25) is 5.76 Å². The van der Waals surface area contributed by atoms with Crippen LogP contribution in [0.15, 0.2) is 46.9 Å². The molecule has 0 aliphatic heterocycles. The number of rotatable bonds is 5. The third-order valence-corrected chi connectivity index (χ3v) is 4.19. The first-order valence-corrected chi connectivity index (χ1v) is 8.47. The number of hydrogen-bond acceptors (Lipinski definition) is 3. The summed E-state index contributed by atoms with van der Waals surface area (Å²) in [6.07, 6.45) is -3.67. The fraction of sp³-hybridized carbons (Fsp3) is 0.200. The van der Waals surface area contributed by atoms with Crippen LogP contribution in [0.3, 0.4) is 0 Å². The molecule has 0 saturated carbocycles. The van der Waals surface area contributed by atoms with Crippen LogP contribution in [0.25, 0.3) is 11.0 Å². The number of anilines is 1. The molecule has 0 fully saturated rings. The van der Waals surface area contributed by atoms with Gasteiger partial charge in [0.25, 0.3) is 5.91 Å². The highest BCUT2D eigenvalue weighted by atomic mass is 19.4. The van der Waals surface area contributed by atoms with Crippen LogP contribution in [0.2, 0.25) is 0 Å². The Labute approximate surface area is 157 Å². The lowest BCUT2D eigenvalue weighted by atomic mass is 10.0. The van der Waals surface area contributed by atoms with E-state index in [1.807, 2.05) is 0 Å². The lowest BCUT2D eigenvalue weighted by Gasteiger charge is -2.14. The highest BCUT2D eigenvalue weighted by Gasteiger charge is 2.33. The highest BCUT2D eigenvalue weighted by molar-refractivity contribution is 6.06. The average Bonchev–Trinajstić information content (AvgIpc) is 3.06. The summed E-state index contributed by atoms with van der Waals surface area (Å²) >= 11 is 0. The van der Waals surface area contributed by atoms with E-state index in [1.54, 1.807) is 6.92 Å². The fourth-order valence-electron chi connectivity index (χ4n) is 2.89. The van der Waals surface area contributed by atoms with E-state index < -0.39 is 23.6 Å². The molecule has 0 aliphatic carbocycles. The van der Waals surface area contributed by atoms with E-state index in [-0.39, 0.29) is 34.6 Å². The van der Waals surface area contributed by atoms with Gasteiger partial charge >= 0.3 is 12.1 Å². The van der Waals surface area contributed by atoms with E-state index in [9.17, 15) is 22.8 Å². The van der Waals surface area contributed by atoms with Crippen molar-refractivity contribution in [2.24, 2.45) is 0 Å². The van der Waals surface area contributed by atoms with E-state index in [1.165, 1.54) is 36.4 Å². The molecule has 0 bridgehead atoms. The molecule has 146 valence electrons. The van der Waals surface area contributed by atoms with Gasteiger partial charge in [-0.25, -0.2) is 4.79 Å². The normalized spacial score (nSPS) is 11.6. The zero-order valence-corrected chi connectivity index (χ0v) is 14.8. The van der Waals surface area contributed by atoms with Gasteiger partial charge in [0.05, 0.1) is 5.56 Å². The number of carbonyl (C=O) groups is 2. The molecular weight excluding hydrogens is 375 g/mol. The summed E-state index contributed by atoms with van der Waals surface area (Å²) in [4.78, 5) is 23.4. The summed E-state index contributed by atoms with van der Waals surface area (Å²) in [5.74, 6) is -2.14. The molecule has 1 aromatic heterocycles. The van der Waals surface area contributed by atoms with Crippen LogP contribution in [0.4, 0.5) is 18.9 Å². The Morgan fingerprint density at radius 3 is 2.50 bits per heavy atom. The van der Waals surface area contributed by atoms with Crippen molar-refractivity contribution in [3.05, 3.63) is 64.9 Å². The van der Waals surface area contributed by atoms with Crippen molar-refractivity contribution >= 4 is 28.5 Å². The van der Waals surface area contributed by atoms with Crippen molar-refractivity contribution in [2.75, 3.05) is 5.32 Å². The summed E-state index contributed by atoms with van der Waals surface area (Å²) in [6.45, 7) is 1.79. The molecule has 0 spiro atoms. The van der Waals surface area contributed by atoms with Crippen molar-refractivity contribution in [1.82, 2.24) is 0 Å². The molecule has 3 aromatic rings. The number of nitrogens with one attached hydrogen (secondary N) is 1. The lowest BCUT2D eigenvalue weighted by Crippen LogP contribution is -2.14. The molecule has 0 atom stereocenters. The van der Waals surface area contributed by atoms with E-state index in [0.29, 0.717) is 11.8 Å². The van der Waals surface area contributed by atoms with Crippen LogP contribution in [-0.2, 0) is 12.6 Å². The Hall–Kier alpha value is -3.29. The number of hydrogen-bond donors (Lipinski definition) is 2. The monoisotopic (exact) mass is 391 g/mol. The molecular formula is C20H16F3NO4. The van der Waals surface area contributed by atoms with Gasteiger partial charge in [-0.2, -0.15) is 13.2 Å². The van der Waals surface area contributed by atoms with Gasteiger partial charge in [0.1, 0.15) is 5.58 Å². The Balaban J connectivity index is 1.88. The maximum Gasteiger partial charge on any atom is 0.416 e. The quantitative estimate of drug-likeness (QED) is 0.614. The van der Waals surface area contributed by atoms with Crippen molar-refractivity contribution < 1.29 is 32.3 Å². The number of aryl methyl sites for hydroxylation is 1. The predicted molar refractivity (Wildman–Crippen MR) is 96.6 cm³/mol. The molecule has 0 aliphatic rings. The standard InChI is InChI=1S/C20H16F3NO4/c1-2-3-11-6-7-14(10-15(11)20(21,22)23)24-18(25)13-5-4-12-8-17(19(26)27)28-16(12)9-13/h4-10H,2-3H2,1H3,(H,24,25)(H,26,27). The second-order valence-corrected chi connectivity index (χ2v) is 6.24. The number of fused-ring (bicyclic) bond motifs is 1. The van der Waals surface area contributed by atoms with Crippen LogP contribution in [0.5, 0.6) is 0 Å². The van der Waals surface area contributed by atoms with E-state index in [4.69, 9.17) is 9.52 Å². The molecule has 0 radical (unpaired) electrons. The summed E-state index contributed by atoms with van der Waals surface area (Å²) in [7, 11) is 0. The molecule has 0 saturated heterocycles. The molecule has 0 unspecified atom stereocenters. The van der Waals surface area contributed by atoms with Crippen LogP contribution in [0.1, 0.15) is 45.4 Å². The van der Waals surface area contributed by atoms with Gasteiger partial charge in [-0.1, -0.05) is 25.5 Å². The van der Waals surface area contributed by atoms with Crippen molar-refractivity contribution in [1.29, 1.82) is 0 Å². The number of carboxylic acid groups (broad SMARTS) is 1. The molecule has 2 aromatic carbocycles. The minimum Gasteiger partial charge on any atom is -0.475 e. The summed E-state index contributed by atoms with van der Waals surface area (Å²) in [5, 5.41) is 11.9. The molecule has 28 heavy (non-hydrogen) atoms. The Bertz CT molecular complexity index is 1050. The first-order chi connectivity index (χ1) is 13.2. The largest absolute Gasteiger partial charge is 0.475 e. The van der Waals surface area contributed by atoms with Gasteiger partial charge in [-0.05, 0) is 42.3 Å². The topological polar surface area (TPSA) is 79.5 Å². The first kappa shape index (κ1) is 19.5. The number of carbonyl (C=O) groups excluding carboxylic acids is 1. The molecule has 8 heteroatoms. The lowest BCUT2D eigenvalue weighted by molar-refractivity contribution is -0.138. The number of benzene rings is 2. The average molecular weight is 391 g/mol. The summed E-state index contributed by atoms with van der Waals surface area (Å²) < 4.78 is 45.0. The second-order valence-electron chi connectivity index (χ2n) is 6.24. The number of carboxylic acids is 1. The van der Waals surface area contributed by atoms with Gasteiger partial charge in [0.15, 0.2) is 0 Å². The third kappa shape index (κ3) is 4.00. The first-order valence-electron chi connectivity index (χ1n) is 8.47. The second kappa shape index (κ2) is 7.38. The van der Waals surface area contributed by atoms with Crippen LogP contribution in [-0.4, -0.2) is 17.0 Å². The zero-order chi connectivity index (χ0) is 20.5. The number of halogens is 3. The smallest absolute Gasteiger partial charge is 0.416 e. The van der Waals surface area contributed by atoms with Gasteiger partial charge in [-0.3, -0.25) is 4.79 Å². The molecule has 1 amide bonds. The predicted octanol–water partition coefficient (Wildman–Crippen LogP) is 5.35. The number of amides is 1. The molecule has 3 rings (SSSR count). The maximum absolute atomic E-state index is 13.3. The maximum atomic E-state index is 13.3. The highest BCUT2D eigenvalue weighted by Crippen LogP contribution is 2.34. The van der Waals surface area contributed by atoms with Crippen molar-refractivity contribution in [2.45, 2.75) is 25.9 Å². The van der Waals surface area contributed by atoms with Crippen molar-refractivity contribution in [3.63, 3.8) is 0 Å². The minimum absolute atomic E-state index is 0.0166.